The van der Waals surface area contributed by atoms with Crippen molar-refractivity contribution in [3.63, 3.8) is 0 Å². The van der Waals surface area contributed by atoms with E-state index in [2.05, 4.69) is 4.98 Å². The van der Waals surface area contributed by atoms with Crippen LogP contribution in [0.1, 0.15) is 21.9 Å². The molecule has 0 fully saturated rings. The molecule has 0 bridgehead atoms. The number of nitrogens with zero attached hydrogens (tertiary/aromatic N) is 3. The highest BCUT2D eigenvalue weighted by atomic mass is 35.5. The first-order chi connectivity index (χ1) is 14.3. The third kappa shape index (κ3) is 3.21. The molecule has 4 rings (SSSR count). The molecule has 30 heavy (non-hydrogen) atoms. The number of carbonyl (C=O) groups excluding carboxylic acids is 1. The van der Waals surface area contributed by atoms with Crippen LogP contribution in [0.5, 0.6) is 11.6 Å². The zero-order chi connectivity index (χ0) is 21.6. The third-order valence-electron chi connectivity index (χ3n) is 4.28. The topological polar surface area (TPSA) is 132 Å². The van der Waals surface area contributed by atoms with E-state index in [9.17, 15) is 25.1 Å². The molecule has 152 valence electrons. The van der Waals surface area contributed by atoms with E-state index in [0.717, 1.165) is 10.8 Å². The Morgan fingerprint density at radius 2 is 1.93 bits per heavy atom. The fraction of sp³-hybridized carbons (Fsp3) is 0.0526. The number of nitro groups is 1. The molecule has 3 heterocycles. The molecular formula is C19H12ClN3O6S. The molecule has 0 radical (unpaired) electrons. The maximum Gasteiger partial charge on any atom is 0.345 e. The molecule has 0 atom stereocenters. The molecule has 0 unspecified atom stereocenters. The van der Waals surface area contributed by atoms with Crippen LogP contribution in [0.4, 0.5) is 5.00 Å². The predicted octanol–water partition coefficient (Wildman–Crippen LogP) is 4.71. The summed E-state index contributed by atoms with van der Waals surface area (Å²) < 4.78 is 6.46. The fourth-order valence-corrected chi connectivity index (χ4v) is 3.82. The van der Waals surface area contributed by atoms with Gasteiger partial charge in [0, 0.05) is 5.02 Å². The van der Waals surface area contributed by atoms with Gasteiger partial charge in [-0.25, -0.2) is 4.98 Å². The summed E-state index contributed by atoms with van der Waals surface area (Å²) in [5.74, 6) is -1.61. The molecule has 0 saturated carbocycles. The first-order valence-electron chi connectivity index (χ1n) is 8.42. The van der Waals surface area contributed by atoms with E-state index in [4.69, 9.17) is 16.0 Å². The van der Waals surface area contributed by atoms with Crippen LogP contribution in [0.25, 0.3) is 16.4 Å². The Bertz CT molecular complexity index is 1290. The number of rotatable bonds is 5. The summed E-state index contributed by atoms with van der Waals surface area (Å²) in [5, 5.41) is 32.5. The van der Waals surface area contributed by atoms with Gasteiger partial charge in [-0.05, 0) is 48.1 Å². The predicted molar refractivity (Wildman–Crippen MR) is 109 cm³/mol. The highest BCUT2D eigenvalue weighted by molar-refractivity contribution is 7.17. The smallest absolute Gasteiger partial charge is 0.345 e. The molecule has 3 aromatic heterocycles. The summed E-state index contributed by atoms with van der Waals surface area (Å²) in [7, 11) is 0. The van der Waals surface area contributed by atoms with Gasteiger partial charge >= 0.3 is 5.00 Å². The van der Waals surface area contributed by atoms with Crippen molar-refractivity contribution in [1.29, 1.82) is 0 Å². The Labute approximate surface area is 177 Å². The minimum Gasteiger partial charge on any atom is -0.503 e. The van der Waals surface area contributed by atoms with Crippen molar-refractivity contribution in [2.24, 2.45) is 0 Å². The lowest BCUT2D eigenvalue weighted by Crippen LogP contribution is -2.04. The molecule has 0 saturated heterocycles. The lowest BCUT2D eigenvalue weighted by atomic mass is 10.0. The summed E-state index contributed by atoms with van der Waals surface area (Å²) in [6, 6.07) is 9.34. The summed E-state index contributed by atoms with van der Waals surface area (Å²) >= 11 is 6.63. The van der Waals surface area contributed by atoms with Gasteiger partial charge in [-0.15, -0.1) is 0 Å². The van der Waals surface area contributed by atoms with E-state index in [0.29, 0.717) is 27.7 Å². The Morgan fingerprint density at radius 3 is 2.50 bits per heavy atom. The van der Waals surface area contributed by atoms with Crippen LogP contribution < -0.4 is 0 Å². The van der Waals surface area contributed by atoms with Gasteiger partial charge in [0.05, 0.1) is 16.2 Å². The number of aryl methyl sites for hydroxylation is 1. The third-order valence-corrected chi connectivity index (χ3v) is 5.47. The molecule has 2 N–H and O–H groups in total. The molecule has 0 aliphatic carbocycles. The monoisotopic (exact) mass is 445 g/mol. The summed E-state index contributed by atoms with van der Waals surface area (Å²) in [6.45, 7) is 1.66. The zero-order valence-corrected chi connectivity index (χ0v) is 16.8. The Balaban J connectivity index is 2.01. The second-order valence-corrected chi connectivity index (χ2v) is 7.64. The van der Waals surface area contributed by atoms with Gasteiger partial charge in [0.2, 0.25) is 16.8 Å². The van der Waals surface area contributed by atoms with Crippen molar-refractivity contribution in [2.45, 2.75) is 6.92 Å². The minimum atomic E-state index is -0.697. The average molecular weight is 446 g/mol. The van der Waals surface area contributed by atoms with Crippen molar-refractivity contribution in [3.8, 4) is 28.0 Å². The van der Waals surface area contributed by atoms with Gasteiger partial charge in [0.15, 0.2) is 11.5 Å². The van der Waals surface area contributed by atoms with Crippen LogP contribution in [0.15, 0.2) is 47.0 Å². The second kappa shape index (κ2) is 7.32. The molecule has 4 aromatic rings. The van der Waals surface area contributed by atoms with Crippen LogP contribution in [0.2, 0.25) is 5.02 Å². The number of hydrogen-bond donors (Lipinski definition) is 2. The molecule has 11 heteroatoms. The van der Waals surface area contributed by atoms with Gasteiger partial charge in [-0.3, -0.25) is 19.5 Å². The van der Waals surface area contributed by atoms with Crippen LogP contribution in [0.3, 0.4) is 0 Å². The number of thiazole rings is 1. The van der Waals surface area contributed by atoms with Gasteiger partial charge in [-0.1, -0.05) is 23.7 Å². The molecule has 9 nitrogen and oxygen atoms in total. The van der Waals surface area contributed by atoms with E-state index < -0.39 is 22.3 Å². The highest BCUT2D eigenvalue weighted by Crippen LogP contribution is 2.45. The minimum absolute atomic E-state index is 0.00544. The SMILES string of the molecule is Cc1ccc(C(=O)c2c(O)c(O)n(-c3ncc([N+](=O)[O-])s3)c2-c2ccc(Cl)cc2)o1. The van der Waals surface area contributed by atoms with Gasteiger partial charge in [0.25, 0.3) is 0 Å². The molecule has 0 spiro atoms. The fourth-order valence-electron chi connectivity index (χ4n) is 2.95. The number of ketones is 1. The number of benzene rings is 1. The number of hydrogen-bond acceptors (Lipinski definition) is 8. The summed E-state index contributed by atoms with van der Waals surface area (Å²) in [4.78, 5) is 27.5. The van der Waals surface area contributed by atoms with Crippen molar-refractivity contribution in [3.05, 3.63) is 74.8 Å². The summed E-state index contributed by atoms with van der Waals surface area (Å²) in [6.07, 6.45) is 1.03. The number of aromatic nitrogens is 2. The highest BCUT2D eigenvalue weighted by Gasteiger charge is 2.32. The van der Waals surface area contributed by atoms with Crippen molar-refractivity contribution in [1.82, 2.24) is 9.55 Å². The van der Waals surface area contributed by atoms with Gasteiger partial charge < -0.3 is 14.6 Å². The lowest BCUT2D eigenvalue weighted by molar-refractivity contribution is -0.380. The number of carbonyl (C=O) groups is 1. The van der Waals surface area contributed by atoms with Crippen molar-refractivity contribution < 1.29 is 24.3 Å². The second-order valence-electron chi connectivity index (χ2n) is 6.22. The molecule has 0 amide bonds. The number of furan rings is 1. The largest absolute Gasteiger partial charge is 0.503 e. The van der Waals surface area contributed by atoms with Gasteiger partial charge in [-0.2, -0.15) is 0 Å². The van der Waals surface area contributed by atoms with E-state index in [-0.39, 0.29) is 27.2 Å². The number of aromatic hydroxyl groups is 2. The van der Waals surface area contributed by atoms with Crippen LogP contribution in [0, 0.1) is 17.0 Å². The van der Waals surface area contributed by atoms with Crippen LogP contribution >= 0.6 is 22.9 Å². The first-order valence-corrected chi connectivity index (χ1v) is 9.61. The average Bonchev–Trinajstić information content (AvgIpc) is 3.41. The van der Waals surface area contributed by atoms with E-state index >= 15 is 0 Å². The molecular weight excluding hydrogens is 434 g/mol. The maximum atomic E-state index is 13.1. The molecule has 0 aliphatic heterocycles. The Hall–Kier alpha value is -3.63. The van der Waals surface area contributed by atoms with E-state index in [1.54, 1.807) is 37.3 Å². The number of halogens is 1. The lowest BCUT2D eigenvalue weighted by Gasteiger charge is -2.09. The zero-order valence-electron chi connectivity index (χ0n) is 15.2. The van der Waals surface area contributed by atoms with E-state index in [1.807, 2.05) is 0 Å². The molecule has 0 aliphatic rings. The Morgan fingerprint density at radius 1 is 1.23 bits per heavy atom. The van der Waals surface area contributed by atoms with Crippen molar-refractivity contribution >= 4 is 33.7 Å². The molecule has 1 aromatic carbocycles. The van der Waals surface area contributed by atoms with Crippen LogP contribution in [-0.4, -0.2) is 30.5 Å². The first kappa shape index (κ1) is 19.7. The van der Waals surface area contributed by atoms with E-state index in [1.165, 1.54) is 6.07 Å². The maximum absolute atomic E-state index is 13.1. The van der Waals surface area contributed by atoms with Gasteiger partial charge in [0.1, 0.15) is 12.0 Å². The van der Waals surface area contributed by atoms with Crippen molar-refractivity contribution in [2.75, 3.05) is 0 Å². The normalized spacial score (nSPS) is 11.0. The summed E-state index contributed by atoms with van der Waals surface area (Å²) in [5.41, 5.74) is 0.270. The van der Waals surface area contributed by atoms with Crippen LogP contribution in [-0.2, 0) is 0 Å². The Kier molecular flexibility index (Phi) is 4.80. The quantitative estimate of drug-likeness (QED) is 0.258. The standard InChI is InChI=1S/C19H12ClN3O6S/c1-9-2-7-12(29-9)16(24)14-15(10-3-5-11(20)6-4-10)22(18(26)17(14)25)19-21-8-13(30-19)23(27)28/h2-8,25-26H,1H3.